The van der Waals surface area contributed by atoms with Crippen molar-refractivity contribution in [1.82, 2.24) is 10.6 Å². The Balaban J connectivity index is 1.54. The van der Waals surface area contributed by atoms with Crippen LogP contribution in [0.4, 0.5) is 16.2 Å². The van der Waals surface area contributed by atoms with Gasteiger partial charge in [0.2, 0.25) is 5.91 Å². The second-order valence-electron chi connectivity index (χ2n) is 6.19. The average molecular weight is 367 g/mol. The first kappa shape index (κ1) is 18.2. The second kappa shape index (κ2) is 8.22. The zero-order valence-corrected chi connectivity index (χ0v) is 14.7. The van der Waals surface area contributed by atoms with Gasteiger partial charge in [-0.2, -0.15) is 0 Å². The van der Waals surface area contributed by atoms with Crippen molar-refractivity contribution < 1.29 is 14.4 Å². The van der Waals surface area contributed by atoms with Crippen LogP contribution in [-0.2, 0) is 11.3 Å². The molecule has 3 rings (SSSR count). The first-order valence-electron chi connectivity index (χ1n) is 8.56. The summed E-state index contributed by atoms with van der Waals surface area (Å²) in [6, 6.07) is 13.6. The van der Waals surface area contributed by atoms with Gasteiger partial charge in [-0.05, 0) is 42.0 Å². The maximum absolute atomic E-state index is 12.2. The number of benzene rings is 2. The molecule has 0 radical (unpaired) electrons. The van der Waals surface area contributed by atoms with Crippen molar-refractivity contribution in [2.45, 2.75) is 6.54 Å². The lowest BCUT2D eigenvalue weighted by molar-refractivity contribution is -0.120. The van der Waals surface area contributed by atoms with Crippen LogP contribution in [0.25, 0.3) is 0 Å². The minimum Gasteiger partial charge on any atom is -0.360 e. The van der Waals surface area contributed by atoms with Gasteiger partial charge in [-0.15, -0.1) is 0 Å². The number of primary amides is 1. The molecule has 0 aliphatic carbocycles. The van der Waals surface area contributed by atoms with Crippen molar-refractivity contribution in [1.29, 1.82) is 0 Å². The quantitative estimate of drug-likeness (QED) is 0.632. The molecule has 2 aromatic rings. The summed E-state index contributed by atoms with van der Waals surface area (Å²) in [4.78, 5) is 36.5. The Morgan fingerprint density at radius 2 is 1.78 bits per heavy atom. The van der Waals surface area contributed by atoms with E-state index >= 15 is 0 Å². The molecular formula is C19H21N5O3. The number of hydrogen-bond acceptors (Lipinski definition) is 4. The van der Waals surface area contributed by atoms with Gasteiger partial charge in [0.1, 0.15) is 0 Å². The number of carbonyl (C=O) groups excluding carboxylic acids is 3. The monoisotopic (exact) mass is 367 g/mol. The zero-order valence-electron chi connectivity index (χ0n) is 14.7. The van der Waals surface area contributed by atoms with Crippen molar-refractivity contribution in [2.24, 2.45) is 5.73 Å². The molecule has 27 heavy (non-hydrogen) atoms. The topological polar surface area (TPSA) is 117 Å². The van der Waals surface area contributed by atoms with Crippen LogP contribution in [0.1, 0.15) is 15.9 Å². The number of amides is 4. The summed E-state index contributed by atoms with van der Waals surface area (Å²) < 4.78 is 0. The normalized spacial score (nSPS) is 13.6. The van der Waals surface area contributed by atoms with Gasteiger partial charge in [0.05, 0.1) is 6.54 Å². The van der Waals surface area contributed by atoms with Gasteiger partial charge in [-0.3, -0.25) is 9.59 Å². The molecule has 2 aromatic carbocycles. The van der Waals surface area contributed by atoms with Gasteiger partial charge in [-0.1, -0.05) is 12.1 Å². The molecule has 8 nitrogen and oxygen atoms in total. The molecular weight excluding hydrogens is 346 g/mol. The second-order valence-corrected chi connectivity index (χ2v) is 6.19. The van der Waals surface area contributed by atoms with Crippen LogP contribution < -0.4 is 26.6 Å². The van der Waals surface area contributed by atoms with Gasteiger partial charge in [-0.25, -0.2) is 4.79 Å². The summed E-state index contributed by atoms with van der Waals surface area (Å²) in [5.74, 6) is -0.188. The highest BCUT2D eigenvalue weighted by atomic mass is 16.2. The molecule has 8 heteroatoms. The Labute approximate surface area is 156 Å². The largest absolute Gasteiger partial charge is 0.360 e. The number of urea groups is 1. The lowest BCUT2D eigenvalue weighted by Gasteiger charge is -2.28. The highest BCUT2D eigenvalue weighted by Crippen LogP contribution is 2.16. The van der Waals surface area contributed by atoms with Gasteiger partial charge in [0.25, 0.3) is 5.91 Å². The van der Waals surface area contributed by atoms with Crippen molar-refractivity contribution in [3.8, 4) is 0 Å². The Hall–Kier alpha value is -3.55. The Bertz CT molecular complexity index is 833. The predicted molar refractivity (Wildman–Crippen MR) is 102 cm³/mol. The van der Waals surface area contributed by atoms with E-state index in [1.165, 1.54) is 0 Å². The lowest BCUT2D eigenvalue weighted by atomic mass is 10.1. The standard InChI is InChI=1S/C19H21N5O3/c20-19(27)23-15-5-3-14(4-6-15)18(26)22-11-13-1-7-16(8-2-13)24-10-9-21-17(25)12-24/h1-8H,9-12H2,(H,21,25)(H,22,26)(H3,20,23,27). The van der Waals surface area contributed by atoms with Crippen molar-refractivity contribution >= 4 is 29.2 Å². The maximum atomic E-state index is 12.2. The Morgan fingerprint density at radius 3 is 2.41 bits per heavy atom. The lowest BCUT2D eigenvalue weighted by Crippen LogP contribution is -2.47. The van der Waals surface area contributed by atoms with Crippen molar-refractivity contribution in [3.05, 3.63) is 59.7 Å². The van der Waals surface area contributed by atoms with Crippen molar-refractivity contribution in [3.63, 3.8) is 0 Å². The van der Waals surface area contributed by atoms with Gasteiger partial charge >= 0.3 is 6.03 Å². The molecule has 1 saturated heterocycles. The molecule has 5 N–H and O–H groups in total. The van der Waals surface area contributed by atoms with E-state index in [1.54, 1.807) is 24.3 Å². The number of nitrogens with zero attached hydrogens (tertiary/aromatic N) is 1. The van der Waals surface area contributed by atoms with E-state index < -0.39 is 6.03 Å². The van der Waals surface area contributed by atoms with E-state index in [4.69, 9.17) is 5.73 Å². The summed E-state index contributed by atoms with van der Waals surface area (Å²) in [6.45, 7) is 2.17. The number of nitrogens with two attached hydrogens (primary N) is 1. The molecule has 1 heterocycles. The van der Waals surface area contributed by atoms with E-state index in [-0.39, 0.29) is 11.8 Å². The number of anilines is 2. The predicted octanol–water partition coefficient (Wildman–Crippen LogP) is 1.04. The van der Waals surface area contributed by atoms with E-state index in [0.29, 0.717) is 30.9 Å². The zero-order chi connectivity index (χ0) is 19.2. The molecule has 0 unspecified atom stereocenters. The Morgan fingerprint density at radius 1 is 1.07 bits per heavy atom. The molecule has 0 spiro atoms. The summed E-state index contributed by atoms with van der Waals surface area (Å²) in [7, 11) is 0. The van der Waals surface area contributed by atoms with Crippen LogP contribution >= 0.6 is 0 Å². The maximum Gasteiger partial charge on any atom is 0.316 e. The van der Waals surface area contributed by atoms with Crippen LogP contribution in [0.15, 0.2) is 48.5 Å². The fourth-order valence-corrected chi connectivity index (χ4v) is 2.82. The highest BCUT2D eigenvalue weighted by Gasteiger charge is 2.16. The summed E-state index contributed by atoms with van der Waals surface area (Å²) in [5, 5.41) is 8.09. The van der Waals surface area contributed by atoms with Crippen LogP contribution in [-0.4, -0.2) is 37.5 Å². The fourth-order valence-electron chi connectivity index (χ4n) is 2.82. The number of nitrogens with one attached hydrogen (secondary N) is 3. The molecule has 140 valence electrons. The number of rotatable bonds is 5. The highest BCUT2D eigenvalue weighted by molar-refractivity contribution is 5.95. The number of piperazine rings is 1. The van der Waals surface area contributed by atoms with Crippen LogP contribution in [0, 0.1) is 0 Å². The summed E-state index contributed by atoms with van der Waals surface area (Å²) in [6.07, 6.45) is 0. The molecule has 4 amide bonds. The number of carbonyl (C=O) groups is 3. The third kappa shape index (κ3) is 4.97. The van der Waals surface area contributed by atoms with E-state index in [1.807, 2.05) is 29.2 Å². The van der Waals surface area contributed by atoms with E-state index in [2.05, 4.69) is 16.0 Å². The third-order valence-corrected chi connectivity index (χ3v) is 4.21. The first-order chi connectivity index (χ1) is 13.0. The molecule has 0 saturated carbocycles. The molecule has 1 fully saturated rings. The van der Waals surface area contributed by atoms with Crippen LogP contribution in [0.3, 0.4) is 0 Å². The van der Waals surface area contributed by atoms with E-state index in [0.717, 1.165) is 17.8 Å². The first-order valence-corrected chi connectivity index (χ1v) is 8.56. The fraction of sp³-hybridized carbons (Fsp3) is 0.211. The van der Waals surface area contributed by atoms with Crippen molar-refractivity contribution in [2.75, 3.05) is 29.9 Å². The minimum absolute atomic E-state index is 0.0228. The molecule has 1 aliphatic heterocycles. The van der Waals surface area contributed by atoms with Gasteiger partial charge in [0.15, 0.2) is 0 Å². The molecule has 1 aliphatic rings. The minimum atomic E-state index is -0.652. The average Bonchev–Trinajstić information content (AvgIpc) is 2.66. The molecule has 0 atom stereocenters. The molecule has 0 bridgehead atoms. The smallest absolute Gasteiger partial charge is 0.316 e. The summed E-state index contributed by atoms with van der Waals surface area (Å²) in [5.41, 5.74) is 8.01. The van der Waals surface area contributed by atoms with Gasteiger partial charge in [0, 0.05) is 36.6 Å². The van der Waals surface area contributed by atoms with Gasteiger partial charge < -0.3 is 26.6 Å². The number of hydrogen-bond donors (Lipinski definition) is 4. The van der Waals surface area contributed by atoms with Crippen LogP contribution in [0.2, 0.25) is 0 Å². The third-order valence-electron chi connectivity index (χ3n) is 4.21. The van der Waals surface area contributed by atoms with E-state index in [9.17, 15) is 14.4 Å². The Kier molecular flexibility index (Phi) is 5.55. The molecule has 0 aromatic heterocycles. The van der Waals surface area contributed by atoms with Crippen LogP contribution in [0.5, 0.6) is 0 Å². The SMILES string of the molecule is NC(=O)Nc1ccc(C(=O)NCc2ccc(N3CCNC(=O)C3)cc2)cc1. The summed E-state index contributed by atoms with van der Waals surface area (Å²) >= 11 is 0.